The fraction of sp³-hybridized carbons (Fsp3) is 0.235. The third-order valence-corrected chi connectivity index (χ3v) is 2.97. The Labute approximate surface area is 152 Å². The number of aromatic hydroxyl groups is 2. The van der Waals surface area contributed by atoms with Crippen molar-refractivity contribution in [2.75, 3.05) is 13.7 Å². The third-order valence-electron chi connectivity index (χ3n) is 2.97. The van der Waals surface area contributed by atoms with Gasteiger partial charge >= 0.3 is 0 Å². The van der Waals surface area contributed by atoms with Crippen LogP contribution in [0.1, 0.15) is 22.8 Å². The molecule has 0 saturated heterocycles. The van der Waals surface area contributed by atoms with E-state index < -0.39 is 0 Å². The number of hydrogen-bond donors (Lipinski definition) is 3. The van der Waals surface area contributed by atoms with Gasteiger partial charge in [-0.25, -0.2) is 0 Å². The minimum Gasteiger partial charge on any atom is -0.674 e. The number of carbonyl (C=O) groups excluding carboxylic acids is 1. The summed E-state index contributed by atoms with van der Waals surface area (Å²) in [6.45, 7) is 2.49. The zero-order chi connectivity index (χ0) is 17.2. The van der Waals surface area contributed by atoms with Crippen LogP contribution in [0, 0.1) is 0 Å². The average Bonchev–Trinajstić information content (AvgIpc) is 2.56. The average molecular weight is 372 g/mol. The number of ether oxygens (including phenoxy) is 1. The molecular weight excluding hydrogens is 351 g/mol. The number of rotatable bonds is 4. The van der Waals surface area contributed by atoms with Gasteiger partial charge < -0.3 is 26.0 Å². The molecule has 0 heterocycles. The number of methoxy groups -OCH3 is 1. The Morgan fingerprint density at radius 3 is 2.33 bits per heavy atom. The van der Waals surface area contributed by atoms with E-state index in [1.807, 2.05) is 6.92 Å². The molecule has 0 aliphatic carbocycles. The predicted molar refractivity (Wildman–Crippen MR) is 88.8 cm³/mol. The molecule has 6 nitrogen and oxygen atoms in total. The number of nitrogens with one attached hydrogen (secondary N) is 2. The second-order valence-corrected chi connectivity index (χ2v) is 4.55. The molecule has 2 rings (SSSR count). The molecule has 0 aromatic heterocycles. The largest absolute Gasteiger partial charge is 0.674 e. The van der Waals surface area contributed by atoms with Gasteiger partial charge in [-0.3, -0.25) is 4.79 Å². The van der Waals surface area contributed by atoms with Crippen molar-refractivity contribution >= 4 is 5.91 Å². The molecular formula is C17H21MnN2O4-. The maximum Gasteiger partial charge on any atom is 0.255 e. The summed E-state index contributed by atoms with van der Waals surface area (Å²) in [7, 11) is 1.54. The van der Waals surface area contributed by atoms with Crippen LogP contribution >= 0.6 is 0 Å². The number of phenolic OH excluding ortho intramolecular Hbond substituents is 2. The van der Waals surface area contributed by atoms with Crippen LogP contribution in [0.4, 0.5) is 0 Å². The summed E-state index contributed by atoms with van der Waals surface area (Å²) in [6, 6.07) is 11.4. The van der Waals surface area contributed by atoms with Crippen LogP contribution in [0.15, 0.2) is 42.5 Å². The van der Waals surface area contributed by atoms with Gasteiger partial charge in [-0.1, -0.05) is 18.2 Å². The Morgan fingerprint density at radius 1 is 1.17 bits per heavy atom. The summed E-state index contributed by atoms with van der Waals surface area (Å²) in [5, 5.41) is 21.1. The summed E-state index contributed by atoms with van der Waals surface area (Å²) >= 11 is 0. The van der Waals surface area contributed by atoms with Crippen LogP contribution in [0.3, 0.4) is 0 Å². The second kappa shape index (κ2) is 11.3. The standard InChI is InChI=1S/C9H11NO2.C8H10NO2.Mn/c1-2-10-9(12)7-5-3-4-6-8(7)11;1-11-7-3-2-6(5-9)8(10)4-7;/h3-6,11H,2H2,1H3,(H,10,12);2-4,9-10H,5H2,1H3;/q;-1;. The van der Waals surface area contributed by atoms with E-state index in [1.165, 1.54) is 19.2 Å². The molecule has 7 heteroatoms. The Balaban J connectivity index is 0.000000425. The molecule has 0 spiro atoms. The van der Waals surface area contributed by atoms with Crippen molar-refractivity contribution in [3.63, 3.8) is 0 Å². The monoisotopic (exact) mass is 372 g/mol. The van der Waals surface area contributed by atoms with Gasteiger partial charge in [0.25, 0.3) is 5.91 Å². The molecule has 2 aromatic carbocycles. The van der Waals surface area contributed by atoms with Crippen molar-refractivity contribution in [1.82, 2.24) is 5.32 Å². The van der Waals surface area contributed by atoms with Crippen LogP contribution in [-0.2, 0) is 23.6 Å². The van der Waals surface area contributed by atoms with E-state index in [0.717, 1.165) is 0 Å². The van der Waals surface area contributed by atoms with Crippen molar-refractivity contribution in [3.8, 4) is 17.2 Å². The number of phenols is 2. The SMILES string of the molecule is CCNC(=O)c1ccccc1O.COc1ccc(C[NH-])c(O)c1.[Mn]. The van der Waals surface area contributed by atoms with Gasteiger partial charge in [-0.2, -0.15) is 0 Å². The quantitative estimate of drug-likeness (QED) is 0.718. The smallest absolute Gasteiger partial charge is 0.255 e. The molecule has 0 saturated carbocycles. The van der Waals surface area contributed by atoms with Crippen LogP contribution in [0.5, 0.6) is 17.2 Å². The van der Waals surface area contributed by atoms with E-state index in [4.69, 9.17) is 10.5 Å². The molecule has 0 aliphatic heterocycles. The van der Waals surface area contributed by atoms with Crippen LogP contribution in [0.2, 0.25) is 0 Å². The molecule has 0 atom stereocenters. The number of hydrogen-bond acceptors (Lipinski definition) is 4. The maximum absolute atomic E-state index is 11.2. The van der Waals surface area contributed by atoms with E-state index in [0.29, 0.717) is 23.4 Å². The van der Waals surface area contributed by atoms with Crippen molar-refractivity contribution < 1.29 is 36.8 Å². The van der Waals surface area contributed by atoms with Crippen molar-refractivity contribution in [2.45, 2.75) is 13.5 Å². The molecule has 131 valence electrons. The summed E-state index contributed by atoms with van der Waals surface area (Å²) in [4.78, 5) is 11.2. The summed E-state index contributed by atoms with van der Waals surface area (Å²) < 4.78 is 4.87. The molecule has 4 N–H and O–H groups in total. The zero-order valence-electron chi connectivity index (χ0n) is 13.5. The van der Waals surface area contributed by atoms with Crippen LogP contribution in [-0.4, -0.2) is 29.8 Å². The number of amides is 1. The molecule has 0 fully saturated rings. The molecule has 1 radical (unpaired) electrons. The molecule has 0 unspecified atom stereocenters. The van der Waals surface area contributed by atoms with Crippen molar-refractivity contribution in [3.05, 3.63) is 59.3 Å². The van der Waals surface area contributed by atoms with Gasteiger partial charge in [0.2, 0.25) is 0 Å². The van der Waals surface area contributed by atoms with E-state index >= 15 is 0 Å². The van der Waals surface area contributed by atoms with Gasteiger partial charge in [0.05, 0.1) is 12.7 Å². The first-order valence-electron chi connectivity index (χ1n) is 7.10. The molecule has 1 amide bonds. The number of benzene rings is 2. The van der Waals surface area contributed by atoms with Crippen molar-refractivity contribution in [2.24, 2.45) is 0 Å². The normalized spacial score (nSPS) is 9.12. The minimum atomic E-state index is -0.240. The third kappa shape index (κ3) is 6.50. The molecule has 2 aromatic rings. The summed E-state index contributed by atoms with van der Waals surface area (Å²) in [6.07, 6.45) is 0. The minimum absolute atomic E-state index is 0. The van der Waals surface area contributed by atoms with Gasteiger partial charge in [0, 0.05) is 29.7 Å². The predicted octanol–water partition coefficient (Wildman–Crippen LogP) is 3.09. The fourth-order valence-corrected chi connectivity index (χ4v) is 1.74. The molecule has 0 bridgehead atoms. The topological polar surface area (TPSA) is 103 Å². The van der Waals surface area contributed by atoms with Gasteiger partial charge in [0.1, 0.15) is 17.2 Å². The fourth-order valence-electron chi connectivity index (χ4n) is 1.74. The van der Waals surface area contributed by atoms with Gasteiger partial charge in [-0.05, 0) is 30.7 Å². The molecule has 0 aliphatic rings. The van der Waals surface area contributed by atoms with E-state index in [9.17, 15) is 15.0 Å². The van der Waals surface area contributed by atoms with Gasteiger partial charge in [-0.15, -0.1) is 6.54 Å². The second-order valence-electron chi connectivity index (χ2n) is 4.55. The summed E-state index contributed by atoms with van der Waals surface area (Å²) in [5.74, 6) is 0.512. The van der Waals surface area contributed by atoms with Crippen LogP contribution in [0.25, 0.3) is 5.73 Å². The first-order valence-corrected chi connectivity index (χ1v) is 7.10. The van der Waals surface area contributed by atoms with E-state index in [2.05, 4.69) is 5.32 Å². The van der Waals surface area contributed by atoms with Crippen molar-refractivity contribution in [1.29, 1.82) is 0 Å². The first kappa shape index (κ1) is 21.8. The number of para-hydroxylation sites is 1. The molecule has 24 heavy (non-hydrogen) atoms. The zero-order valence-corrected chi connectivity index (χ0v) is 14.7. The van der Waals surface area contributed by atoms with Crippen LogP contribution < -0.4 is 10.1 Å². The Bertz CT molecular complexity index is 650. The Kier molecular flexibility index (Phi) is 10.3. The maximum atomic E-state index is 11.2. The Hall–Kier alpha value is -2.21. The van der Waals surface area contributed by atoms with Gasteiger partial charge in [0.15, 0.2) is 0 Å². The summed E-state index contributed by atoms with van der Waals surface area (Å²) in [5.41, 5.74) is 7.95. The van der Waals surface area contributed by atoms with E-state index in [-0.39, 0.29) is 41.0 Å². The first-order chi connectivity index (χ1) is 11.0. The van der Waals surface area contributed by atoms with E-state index in [1.54, 1.807) is 30.3 Å². The number of carbonyl (C=O) groups is 1. The Morgan fingerprint density at radius 2 is 1.83 bits per heavy atom.